The third-order valence-corrected chi connectivity index (χ3v) is 5.28. The summed E-state index contributed by atoms with van der Waals surface area (Å²) in [4.78, 5) is 16.9. The zero-order valence-corrected chi connectivity index (χ0v) is 17.4. The molecule has 1 aromatic heterocycles. The molecule has 0 spiro atoms. The van der Waals surface area contributed by atoms with Crippen molar-refractivity contribution in [3.63, 3.8) is 0 Å². The van der Waals surface area contributed by atoms with Gasteiger partial charge in [-0.25, -0.2) is 4.98 Å². The summed E-state index contributed by atoms with van der Waals surface area (Å²) in [5.74, 6) is 0.560. The van der Waals surface area contributed by atoms with Crippen molar-refractivity contribution in [2.75, 3.05) is 12.3 Å². The van der Waals surface area contributed by atoms with Gasteiger partial charge in [0.2, 0.25) is 5.91 Å². The minimum absolute atomic E-state index is 0.0548. The summed E-state index contributed by atoms with van der Waals surface area (Å²) in [6.07, 6.45) is 0. The Kier molecular flexibility index (Phi) is 7.04. The molecular weight excluding hydrogens is 378 g/mol. The number of hydrogen-bond donors (Lipinski definition) is 1. The SMILES string of the molecule is CC(C)CNC(=O)CSc1nc(-c2ccccc2)cc(-c2ccccc2)c1C#N. The van der Waals surface area contributed by atoms with E-state index in [0.29, 0.717) is 23.1 Å². The highest BCUT2D eigenvalue weighted by Gasteiger charge is 2.17. The number of hydrogen-bond acceptors (Lipinski definition) is 4. The molecule has 0 aliphatic carbocycles. The molecule has 0 saturated heterocycles. The van der Waals surface area contributed by atoms with Crippen LogP contribution in [0.3, 0.4) is 0 Å². The molecule has 0 unspecified atom stereocenters. The third-order valence-electron chi connectivity index (χ3n) is 4.30. The second-order valence-electron chi connectivity index (χ2n) is 7.07. The first-order valence-electron chi connectivity index (χ1n) is 9.54. The molecular formula is C24H23N3OS. The maximum Gasteiger partial charge on any atom is 0.230 e. The number of benzene rings is 2. The number of nitriles is 1. The Morgan fingerprint density at radius 1 is 1.07 bits per heavy atom. The topological polar surface area (TPSA) is 65.8 Å². The summed E-state index contributed by atoms with van der Waals surface area (Å²) >= 11 is 1.30. The molecule has 0 atom stereocenters. The van der Waals surface area contributed by atoms with Crippen LogP contribution < -0.4 is 5.32 Å². The van der Waals surface area contributed by atoms with Crippen molar-refractivity contribution >= 4 is 17.7 Å². The monoisotopic (exact) mass is 401 g/mol. The normalized spacial score (nSPS) is 10.6. The number of nitrogens with one attached hydrogen (secondary N) is 1. The van der Waals surface area contributed by atoms with E-state index >= 15 is 0 Å². The molecule has 146 valence electrons. The van der Waals surface area contributed by atoms with Gasteiger partial charge in [-0.15, -0.1) is 0 Å². The number of amides is 1. The molecule has 2 aromatic carbocycles. The molecule has 4 nitrogen and oxygen atoms in total. The summed E-state index contributed by atoms with van der Waals surface area (Å²) in [6.45, 7) is 4.74. The lowest BCUT2D eigenvalue weighted by Crippen LogP contribution is -2.28. The van der Waals surface area contributed by atoms with Crippen LogP contribution in [0.15, 0.2) is 71.8 Å². The van der Waals surface area contributed by atoms with Crippen molar-refractivity contribution < 1.29 is 4.79 Å². The van der Waals surface area contributed by atoms with Crippen LogP contribution in [0.1, 0.15) is 19.4 Å². The van der Waals surface area contributed by atoms with Crippen LogP contribution in [0.25, 0.3) is 22.4 Å². The van der Waals surface area contributed by atoms with Gasteiger partial charge in [-0.05, 0) is 17.5 Å². The number of aromatic nitrogens is 1. The van der Waals surface area contributed by atoms with E-state index < -0.39 is 0 Å². The Hall–Kier alpha value is -3.10. The van der Waals surface area contributed by atoms with Crippen LogP contribution in [-0.2, 0) is 4.79 Å². The average molecular weight is 402 g/mol. The lowest BCUT2D eigenvalue weighted by atomic mass is 9.99. The Labute approximate surface area is 176 Å². The predicted molar refractivity (Wildman–Crippen MR) is 118 cm³/mol. The molecule has 1 N–H and O–H groups in total. The van der Waals surface area contributed by atoms with E-state index in [1.165, 1.54) is 11.8 Å². The van der Waals surface area contributed by atoms with Gasteiger partial charge in [-0.1, -0.05) is 86.3 Å². The number of carbonyl (C=O) groups excluding carboxylic acids is 1. The summed E-state index contributed by atoms with van der Waals surface area (Å²) in [5, 5.41) is 13.3. The van der Waals surface area contributed by atoms with Gasteiger partial charge in [0.15, 0.2) is 0 Å². The largest absolute Gasteiger partial charge is 0.355 e. The first-order valence-corrected chi connectivity index (χ1v) is 10.5. The van der Waals surface area contributed by atoms with Crippen molar-refractivity contribution in [1.29, 1.82) is 5.26 Å². The number of pyridine rings is 1. The van der Waals surface area contributed by atoms with Crippen LogP contribution in [0.5, 0.6) is 0 Å². The molecule has 0 bridgehead atoms. The molecule has 1 amide bonds. The summed E-state index contributed by atoms with van der Waals surface area (Å²) in [5.41, 5.74) is 4.04. The first-order chi connectivity index (χ1) is 14.1. The van der Waals surface area contributed by atoms with Crippen LogP contribution in [0.4, 0.5) is 0 Å². The van der Waals surface area contributed by atoms with Crippen molar-refractivity contribution in [2.24, 2.45) is 5.92 Å². The molecule has 5 heteroatoms. The quantitative estimate of drug-likeness (QED) is 0.556. The van der Waals surface area contributed by atoms with Gasteiger partial charge < -0.3 is 5.32 Å². The minimum Gasteiger partial charge on any atom is -0.355 e. The van der Waals surface area contributed by atoms with E-state index in [0.717, 1.165) is 22.4 Å². The predicted octanol–water partition coefficient (Wildman–Crippen LogP) is 5.15. The first kappa shape index (κ1) is 20.6. The Balaban J connectivity index is 2.00. The van der Waals surface area contributed by atoms with E-state index in [1.54, 1.807) is 0 Å². The van der Waals surface area contributed by atoms with Crippen LogP contribution in [-0.4, -0.2) is 23.2 Å². The Morgan fingerprint density at radius 3 is 2.28 bits per heavy atom. The number of nitrogens with zero attached hydrogens (tertiary/aromatic N) is 2. The zero-order valence-electron chi connectivity index (χ0n) is 16.6. The molecule has 0 saturated carbocycles. The van der Waals surface area contributed by atoms with E-state index in [1.807, 2.05) is 66.7 Å². The smallest absolute Gasteiger partial charge is 0.230 e. The van der Waals surface area contributed by atoms with Crippen LogP contribution >= 0.6 is 11.8 Å². The van der Waals surface area contributed by atoms with Gasteiger partial charge in [-0.2, -0.15) is 5.26 Å². The van der Waals surface area contributed by atoms with Gasteiger partial charge >= 0.3 is 0 Å². The van der Waals surface area contributed by atoms with E-state index in [9.17, 15) is 10.1 Å². The Bertz CT molecular complexity index is 1010. The zero-order chi connectivity index (χ0) is 20.6. The van der Waals surface area contributed by atoms with Crippen LogP contribution in [0, 0.1) is 17.2 Å². The molecule has 3 rings (SSSR count). The molecule has 0 aliphatic heterocycles. The number of rotatable bonds is 7. The molecule has 0 radical (unpaired) electrons. The summed E-state index contributed by atoms with van der Waals surface area (Å²) < 4.78 is 0. The van der Waals surface area contributed by atoms with Gasteiger partial charge in [0.05, 0.1) is 17.0 Å². The van der Waals surface area contributed by atoms with E-state index in [4.69, 9.17) is 4.98 Å². The maximum absolute atomic E-state index is 12.2. The van der Waals surface area contributed by atoms with Gasteiger partial charge in [0, 0.05) is 17.7 Å². The molecule has 0 aliphatic rings. The van der Waals surface area contributed by atoms with E-state index in [-0.39, 0.29) is 11.7 Å². The standard InChI is InChI=1S/C24H23N3OS/c1-17(2)15-26-23(28)16-29-24-21(14-25)20(18-9-5-3-6-10-18)13-22(27-24)19-11-7-4-8-12-19/h3-13,17H,15-16H2,1-2H3,(H,26,28). The van der Waals surface area contributed by atoms with Crippen molar-refractivity contribution in [3.05, 3.63) is 72.3 Å². The number of thioether (sulfide) groups is 1. The second kappa shape index (κ2) is 9.90. The molecule has 29 heavy (non-hydrogen) atoms. The second-order valence-corrected chi connectivity index (χ2v) is 8.03. The number of carbonyl (C=O) groups is 1. The lowest BCUT2D eigenvalue weighted by Gasteiger charge is -2.13. The maximum atomic E-state index is 12.2. The average Bonchev–Trinajstić information content (AvgIpc) is 2.76. The van der Waals surface area contributed by atoms with Gasteiger partial charge in [0.1, 0.15) is 11.1 Å². The summed E-state index contributed by atoms with van der Waals surface area (Å²) in [6, 6.07) is 23.9. The minimum atomic E-state index is -0.0548. The Morgan fingerprint density at radius 2 is 1.69 bits per heavy atom. The van der Waals surface area contributed by atoms with Gasteiger partial charge in [0.25, 0.3) is 0 Å². The van der Waals surface area contributed by atoms with Crippen molar-refractivity contribution in [3.8, 4) is 28.5 Å². The van der Waals surface area contributed by atoms with Crippen molar-refractivity contribution in [1.82, 2.24) is 10.3 Å². The highest BCUT2D eigenvalue weighted by Crippen LogP contribution is 2.34. The van der Waals surface area contributed by atoms with Crippen LogP contribution in [0.2, 0.25) is 0 Å². The highest BCUT2D eigenvalue weighted by atomic mass is 32.2. The van der Waals surface area contributed by atoms with E-state index in [2.05, 4.69) is 25.2 Å². The van der Waals surface area contributed by atoms with Gasteiger partial charge in [-0.3, -0.25) is 4.79 Å². The lowest BCUT2D eigenvalue weighted by molar-refractivity contribution is -0.118. The molecule has 0 fully saturated rings. The third kappa shape index (κ3) is 5.46. The fourth-order valence-electron chi connectivity index (χ4n) is 2.84. The molecule has 3 aromatic rings. The summed E-state index contributed by atoms with van der Waals surface area (Å²) in [7, 11) is 0. The highest BCUT2D eigenvalue weighted by molar-refractivity contribution is 8.00. The molecule has 1 heterocycles. The van der Waals surface area contributed by atoms with Crippen molar-refractivity contribution in [2.45, 2.75) is 18.9 Å². The fourth-order valence-corrected chi connectivity index (χ4v) is 3.67. The fraction of sp³-hybridized carbons (Fsp3) is 0.208.